The van der Waals surface area contributed by atoms with Gasteiger partial charge in [-0.1, -0.05) is 43.1 Å². The maximum atomic E-state index is 12.2. The molecule has 8 heteroatoms. The lowest BCUT2D eigenvalue weighted by atomic mass is 10.0. The van der Waals surface area contributed by atoms with Crippen LogP contribution in [-0.2, 0) is 16.1 Å². The Kier molecular flexibility index (Phi) is 9.15. The second kappa shape index (κ2) is 11.6. The number of rotatable bonds is 11. The molecule has 1 atom stereocenters. The first-order valence-corrected chi connectivity index (χ1v) is 10.5. The summed E-state index contributed by atoms with van der Waals surface area (Å²) >= 11 is 6.38. The van der Waals surface area contributed by atoms with Gasteiger partial charge in [0.2, 0.25) is 0 Å². The first-order valence-electron chi connectivity index (χ1n) is 10.1. The normalized spacial score (nSPS) is 11.8. The molecular formula is C23H29ClN2O5. The van der Waals surface area contributed by atoms with E-state index in [0.29, 0.717) is 34.4 Å². The molecule has 31 heavy (non-hydrogen) atoms. The number of carboxylic acid groups (broad SMARTS) is 1. The van der Waals surface area contributed by atoms with Crippen molar-refractivity contribution in [1.29, 1.82) is 0 Å². The molecule has 7 nitrogen and oxygen atoms in total. The van der Waals surface area contributed by atoms with Crippen molar-refractivity contribution in [2.75, 3.05) is 18.5 Å². The van der Waals surface area contributed by atoms with E-state index in [1.807, 2.05) is 52.0 Å². The second-order valence-corrected chi connectivity index (χ2v) is 7.87. The molecule has 0 aliphatic rings. The Hall–Kier alpha value is -2.77. The van der Waals surface area contributed by atoms with E-state index < -0.39 is 12.0 Å². The van der Waals surface area contributed by atoms with Crippen molar-refractivity contribution in [2.45, 2.75) is 40.3 Å². The molecule has 0 heterocycles. The third-order valence-electron chi connectivity index (χ3n) is 4.55. The van der Waals surface area contributed by atoms with Gasteiger partial charge in [0.1, 0.15) is 6.04 Å². The van der Waals surface area contributed by atoms with E-state index in [-0.39, 0.29) is 25.0 Å². The summed E-state index contributed by atoms with van der Waals surface area (Å²) < 4.78 is 11.3. The average Bonchev–Trinajstić information content (AvgIpc) is 2.70. The first kappa shape index (κ1) is 24.5. The van der Waals surface area contributed by atoms with Crippen LogP contribution in [0.2, 0.25) is 5.02 Å². The Bertz CT molecular complexity index is 900. The second-order valence-electron chi connectivity index (χ2n) is 7.47. The Balaban J connectivity index is 2.07. The summed E-state index contributed by atoms with van der Waals surface area (Å²) in [7, 11) is 0. The van der Waals surface area contributed by atoms with E-state index in [2.05, 4.69) is 10.6 Å². The maximum absolute atomic E-state index is 12.2. The number of carboxylic acids is 1. The average molecular weight is 449 g/mol. The third kappa shape index (κ3) is 7.45. The summed E-state index contributed by atoms with van der Waals surface area (Å²) in [4.78, 5) is 23.6. The fourth-order valence-corrected chi connectivity index (χ4v) is 3.12. The number of anilines is 1. The molecule has 0 bridgehead atoms. The summed E-state index contributed by atoms with van der Waals surface area (Å²) in [5.41, 5.74) is 2.46. The van der Waals surface area contributed by atoms with Crippen LogP contribution in [0.3, 0.4) is 0 Å². The third-order valence-corrected chi connectivity index (χ3v) is 4.90. The number of benzene rings is 2. The van der Waals surface area contributed by atoms with Crippen molar-refractivity contribution in [3.05, 3.63) is 52.5 Å². The zero-order chi connectivity index (χ0) is 23.0. The number of aliphatic carboxylic acids is 1. The Morgan fingerprint density at radius 1 is 1.10 bits per heavy atom. The Morgan fingerprint density at radius 3 is 2.32 bits per heavy atom. The fraction of sp³-hybridized carbons (Fsp3) is 0.391. The van der Waals surface area contributed by atoms with Crippen LogP contribution < -0.4 is 20.1 Å². The maximum Gasteiger partial charge on any atom is 0.320 e. The zero-order valence-corrected chi connectivity index (χ0v) is 19.0. The molecule has 0 aliphatic heterocycles. The molecule has 1 amide bonds. The van der Waals surface area contributed by atoms with Crippen LogP contribution in [-0.4, -0.2) is 36.2 Å². The topological polar surface area (TPSA) is 96.9 Å². The minimum absolute atomic E-state index is 0.0858. The molecule has 0 saturated carbocycles. The number of carbonyl (C=O) groups is 2. The van der Waals surface area contributed by atoms with E-state index in [4.69, 9.17) is 21.1 Å². The van der Waals surface area contributed by atoms with Gasteiger partial charge in [-0.2, -0.15) is 0 Å². The highest BCUT2D eigenvalue weighted by atomic mass is 35.5. The standard InChI is InChI=1S/C23H29ClN2O5/c1-5-30-19-10-16(12-25-22(14(2)3)23(28)29)18(24)11-20(19)31-13-21(27)26-17-8-6-15(4)7-9-17/h6-11,14,22,25H,5,12-13H2,1-4H3,(H,26,27)(H,28,29). The van der Waals surface area contributed by atoms with Crippen molar-refractivity contribution in [3.8, 4) is 11.5 Å². The van der Waals surface area contributed by atoms with Gasteiger partial charge >= 0.3 is 5.97 Å². The van der Waals surface area contributed by atoms with Gasteiger partial charge in [0.05, 0.1) is 6.61 Å². The quantitative estimate of drug-likeness (QED) is 0.475. The molecule has 3 N–H and O–H groups in total. The van der Waals surface area contributed by atoms with Gasteiger partial charge in [-0.05, 0) is 43.5 Å². The van der Waals surface area contributed by atoms with Gasteiger partial charge in [0, 0.05) is 23.3 Å². The number of carbonyl (C=O) groups excluding carboxylic acids is 1. The van der Waals surface area contributed by atoms with Crippen molar-refractivity contribution in [1.82, 2.24) is 5.32 Å². The lowest BCUT2D eigenvalue weighted by Crippen LogP contribution is -2.40. The van der Waals surface area contributed by atoms with Crippen molar-refractivity contribution in [2.24, 2.45) is 5.92 Å². The first-order chi connectivity index (χ1) is 14.7. The SMILES string of the molecule is CCOc1cc(CNC(C(=O)O)C(C)C)c(Cl)cc1OCC(=O)Nc1ccc(C)cc1. The molecule has 0 saturated heterocycles. The lowest BCUT2D eigenvalue weighted by Gasteiger charge is -2.19. The largest absolute Gasteiger partial charge is 0.490 e. The van der Waals surface area contributed by atoms with Crippen LogP contribution in [0.15, 0.2) is 36.4 Å². The van der Waals surface area contributed by atoms with E-state index in [0.717, 1.165) is 5.56 Å². The predicted molar refractivity (Wildman–Crippen MR) is 121 cm³/mol. The van der Waals surface area contributed by atoms with E-state index in [1.165, 1.54) is 0 Å². The van der Waals surface area contributed by atoms with Crippen LogP contribution in [0.25, 0.3) is 0 Å². The number of hydrogen-bond acceptors (Lipinski definition) is 5. The minimum atomic E-state index is -0.921. The van der Waals surface area contributed by atoms with Gasteiger partial charge in [-0.15, -0.1) is 0 Å². The summed E-state index contributed by atoms with van der Waals surface area (Å²) in [6.45, 7) is 7.90. The number of aryl methyl sites for hydroxylation is 1. The number of halogens is 1. The van der Waals surface area contributed by atoms with Crippen LogP contribution in [0, 0.1) is 12.8 Å². The smallest absolute Gasteiger partial charge is 0.320 e. The molecule has 0 aromatic heterocycles. The molecule has 168 valence electrons. The Labute approximate surface area is 187 Å². The van der Waals surface area contributed by atoms with Gasteiger partial charge < -0.3 is 25.2 Å². The van der Waals surface area contributed by atoms with Gasteiger partial charge in [-0.3, -0.25) is 9.59 Å². The van der Waals surface area contributed by atoms with E-state index in [9.17, 15) is 14.7 Å². The number of hydrogen-bond donors (Lipinski definition) is 3. The summed E-state index contributed by atoms with van der Waals surface area (Å²) in [6.07, 6.45) is 0. The van der Waals surface area contributed by atoms with Crippen LogP contribution >= 0.6 is 11.6 Å². The molecule has 0 spiro atoms. The minimum Gasteiger partial charge on any atom is -0.490 e. The van der Waals surface area contributed by atoms with Gasteiger partial charge in [-0.25, -0.2) is 0 Å². The van der Waals surface area contributed by atoms with E-state index in [1.54, 1.807) is 12.1 Å². The molecule has 2 aromatic carbocycles. The Morgan fingerprint density at radius 2 is 1.74 bits per heavy atom. The fourth-order valence-electron chi connectivity index (χ4n) is 2.90. The van der Waals surface area contributed by atoms with Crippen molar-refractivity contribution in [3.63, 3.8) is 0 Å². The highest BCUT2D eigenvalue weighted by Crippen LogP contribution is 2.34. The molecule has 0 radical (unpaired) electrons. The molecule has 2 rings (SSSR count). The highest BCUT2D eigenvalue weighted by molar-refractivity contribution is 6.31. The van der Waals surface area contributed by atoms with Crippen LogP contribution in [0.1, 0.15) is 31.9 Å². The highest BCUT2D eigenvalue weighted by Gasteiger charge is 2.21. The number of amides is 1. The predicted octanol–water partition coefficient (Wildman–Crippen LogP) is 4.26. The molecular weight excluding hydrogens is 420 g/mol. The summed E-state index contributed by atoms with van der Waals surface area (Å²) in [5.74, 6) is -0.543. The molecule has 1 unspecified atom stereocenters. The van der Waals surface area contributed by atoms with E-state index >= 15 is 0 Å². The van der Waals surface area contributed by atoms with Crippen LogP contribution in [0.4, 0.5) is 5.69 Å². The molecule has 2 aromatic rings. The summed E-state index contributed by atoms with van der Waals surface area (Å²) in [6, 6.07) is 10.0. The lowest BCUT2D eigenvalue weighted by molar-refractivity contribution is -0.140. The number of ether oxygens (including phenoxy) is 2. The summed E-state index contributed by atoms with van der Waals surface area (Å²) in [5, 5.41) is 15.5. The zero-order valence-electron chi connectivity index (χ0n) is 18.2. The molecule has 0 fully saturated rings. The van der Waals surface area contributed by atoms with Gasteiger partial charge in [0.25, 0.3) is 5.91 Å². The van der Waals surface area contributed by atoms with Crippen molar-refractivity contribution < 1.29 is 24.2 Å². The van der Waals surface area contributed by atoms with Gasteiger partial charge in [0.15, 0.2) is 18.1 Å². The van der Waals surface area contributed by atoms with Crippen molar-refractivity contribution >= 4 is 29.2 Å². The molecule has 0 aliphatic carbocycles. The number of nitrogens with one attached hydrogen (secondary N) is 2. The monoisotopic (exact) mass is 448 g/mol. The van der Waals surface area contributed by atoms with Crippen LogP contribution in [0.5, 0.6) is 11.5 Å².